The van der Waals surface area contributed by atoms with E-state index in [0.717, 1.165) is 10.5 Å². The molecule has 4 amide bonds. The SMILES string of the molecule is COc1ccc(/C=C2/C(=O)NC(=O)N(CCc3ccc(F)cc3)C2=O)cc1. The van der Waals surface area contributed by atoms with E-state index in [1.807, 2.05) is 0 Å². The Balaban J connectivity index is 1.77. The summed E-state index contributed by atoms with van der Waals surface area (Å²) >= 11 is 0. The van der Waals surface area contributed by atoms with Crippen molar-refractivity contribution in [2.45, 2.75) is 6.42 Å². The number of imide groups is 2. The van der Waals surface area contributed by atoms with E-state index in [2.05, 4.69) is 5.32 Å². The number of nitrogens with zero attached hydrogens (tertiary/aromatic N) is 1. The van der Waals surface area contributed by atoms with Crippen molar-refractivity contribution in [1.82, 2.24) is 10.2 Å². The Morgan fingerprint density at radius 1 is 1.04 bits per heavy atom. The number of amides is 4. The highest BCUT2D eigenvalue weighted by Gasteiger charge is 2.35. The molecule has 0 aliphatic carbocycles. The van der Waals surface area contributed by atoms with Gasteiger partial charge in [0.1, 0.15) is 17.1 Å². The molecule has 0 aromatic heterocycles. The average Bonchev–Trinajstić information content (AvgIpc) is 2.67. The molecule has 0 bridgehead atoms. The second-order valence-corrected chi connectivity index (χ2v) is 5.92. The summed E-state index contributed by atoms with van der Waals surface area (Å²) in [5.74, 6) is -1.12. The highest BCUT2D eigenvalue weighted by molar-refractivity contribution is 6.31. The molecule has 1 saturated heterocycles. The van der Waals surface area contributed by atoms with Gasteiger partial charge < -0.3 is 4.74 Å². The number of carbonyl (C=O) groups is 3. The Labute approximate surface area is 155 Å². The second kappa shape index (κ2) is 7.82. The summed E-state index contributed by atoms with van der Waals surface area (Å²) in [6.45, 7) is 0.0729. The highest BCUT2D eigenvalue weighted by atomic mass is 19.1. The Hall–Kier alpha value is -3.48. The summed E-state index contributed by atoms with van der Waals surface area (Å²) in [6.07, 6.45) is 1.78. The van der Waals surface area contributed by atoms with Gasteiger partial charge in [0.2, 0.25) is 0 Å². The average molecular weight is 368 g/mol. The number of barbiturate groups is 1. The molecule has 0 spiro atoms. The third-order valence-corrected chi connectivity index (χ3v) is 4.15. The normalized spacial score (nSPS) is 15.9. The first-order chi connectivity index (χ1) is 13.0. The molecule has 0 unspecified atom stereocenters. The predicted octanol–water partition coefficient (Wildman–Crippen LogP) is 2.54. The topological polar surface area (TPSA) is 75.7 Å². The maximum Gasteiger partial charge on any atom is 0.331 e. The number of carbonyl (C=O) groups excluding carboxylic acids is 3. The molecule has 7 heteroatoms. The van der Waals surface area contributed by atoms with Crippen LogP contribution in [0, 0.1) is 5.82 Å². The van der Waals surface area contributed by atoms with Gasteiger partial charge in [-0.15, -0.1) is 0 Å². The van der Waals surface area contributed by atoms with Crippen LogP contribution in [0.15, 0.2) is 54.1 Å². The summed E-state index contributed by atoms with van der Waals surface area (Å²) in [6, 6.07) is 11.8. The second-order valence-electron chi connectivity index (χ2n) is 5.92. The summed E-state index contributed by atoms with van der Waals surface area (Å²) in [5, 5.41) is 2.17. The van der Waals surface area contributed by atoms with Gasteiger partial charge in [-0.2, -0.15) is 0 Å². The number of methoxy groups -OCH3 is 1. The highest BCUT2D eigenvalue weighted by Crippen LogP contribution is 2.18. The van der Waals surface area contributed by atoms with Crippen molar-refractivity contribution in [2.24, 2.45) is 0 Å². The van der Waals surface area contributed by atoms with E-state index in [-0.39, 0.29) is 17.9 Å². The van der Waals surface area contributed by atoms with E-state index in [0.29, 0.717) is 17.7 Å². The van der Waals surface area contributed by atoms with Crippen molar-refractivity contribution < 1.29 is 23.5 Å². The summed E-state index contributed by atoms with van der Waals surface area (Å²) in [4.78, 5) is 37.7. The van der Waals surface area contributed by atoms with Crippen LogP contribution >= 0.6 is 0 Å². The number of nitrogens with one attached hydrogen (secondary N) is 1. The lowest BCUT2D eigenvalue weighted by molar-refractivity contribution is -0.130. The van der Waals surface area contributed by atoms with E-state index < -0.39 is 17.8 Å². The quantitative estimate of drug-likeness (QED) is 0.650. The van der Waals surface area contributed by atoms with Gasteiger partial charge in [0.15, 0.2) is 0 Å². The fraction of sp³-hybridized carbons (Fsp3) is 0.150. The van der Waals surface area contributed by atoms with Gasteiger partial charge in [-0.1, -0.05) is 24.3 Å². The van der Waals surface area contributed by atoms with Crippen LogP contribution in [0.5, 0.6) is 5.75 Å². The fourth-order valence-electron chi connectivity index (χ4n) is 2.66. The number of benzene rings is 2. The van der Waals surface area contributed by atoms with Crippen molar-refractivity contribution in [3.05, 3.63) is 71.0 Å². The minimum absolute atomic E-state index is 0.0729. The van der Waals surface area contributed by atoms with Gasteiger partial charge in [-0.25, -0.2) is 9.18 Å². The van der Waals surface area contributed by atoms with Crippen molar-refractivity contribution in [1.29, 1.82) is 0 Å². The summed E-state index contributed by atoms with van der Waals surface area (Å²) in [5.41, 5.74) is 1.27. The number of hydrogen-bond acceptors (Lipinski definition) is 4. The van der Waals surface area contributed by atoms with Crippen molar-refractivity contribution >= 4 is 23.9 Å². The van der Waals surface area contributed by atoms with Gasteiger partial charge >= 0.3 is 6.03 Å². The van der Waals surface area contributed by atoms with E-state index in [1.54, 1.807) is 36.4 Å². The molecule has 27 heavy (non-hydrogen) atoms. The number of hydrogen-bond donors (Lipinski definition) is 1. The van der Waals surface area contributed by atoms with E-state index in [1.165, 1.54) is 25.3 Å². The Morgan fingerprint density at radius 3 is 2.33 bits per heavy atom. The molecule has 0 radical (unpaired) electrons. The van der Waals surface area contributed by atoms with Crippen LogP contribution in [0.25, 0.3) is 6.08 Å². The molecule has 0 saturated carbocycles. The molecule has 1 heterocycles. The zero-order valence-electron chi connectivity index (χ0n) is 14.6. The maximum atomic E-state index is 13.0. The van der Waals surface area contributed by atoms with Crippen LogP contribution in [0.3, 0.4) is 0 Å². The molecule has 1 fully saturated rings. The first kappa shape index (κ1) is 18.3. The molecular weight excluding hydrogens is 351 g/mol. The zero-order valence-corrected chi connectivity index (χ0v) is 14.6. The van der Waals surface area contributed by atoms with Crippen LogP contribution in [0.4, 0.5) is 9.18 Å². The molecule has 2 aromatic carbocycles. The van der Waals surface area contributed by atoms with Gasteiger partial charge in [0.25, 0.3) is 11.8 Å². The van der Waals surface area contributed by atoms with Crippen molar-refractivity contribution in [2.75, 3.05) is 13.7 Å². The van der Waals surface area contributed by atoms with Crippen LogP contribution in [-0.4, -0.2) is 36.4 Å². The predicted molar refractivity (Wildman–Crippen MR) is 96.3 cm³/mol. The maximum absolute atomic E-state index is 13.0. The lowest BCUT2D eigenvalue weighted by Crippen LogP contribution is -2.54. The third-order valence-electron chi connectivity index (χ3n) is 4.15. The lowest BCUT2D eigenvalue weighted by atomic mass is 10.1. The van der Waals surface area contributed by atoms with Crippen LogP contribution in [0.2, 0.25) is 0 Å². The number of urea groups is 1. The largest absolute Gasteiger partial charge is 0.497 e. The molecule has 1 aliphatic heterocycles. The minimum Gasteiger partial charge on any atom is -0.497 e. The molecule has 138 valence electrons. The standard InChI is InChI=1S/C20H17FN2O4/c1-27-16-8-4-14(5-9-16)12-17-18(24)22-20(26)23(19(17)25)11-10-13-2-6-15(21)7-3-13/h2-9,12H,10-11H2,1H3,(H,22,24,26)/b17-12-. The third kappa shape index (κ3) is 4.20. The number of ether oxygens (including phenoxy) is 1. The molecule has 3 rings (SSSR count). The smallest absolute Gasteiger partial charge is 0.331 e. The Kier molecular flexibility index (Phi) is 5.30. The van der Waals surface area contributed by atoms with Gasteiger partial charge in [0.05, 0.1) is 7.11 Å². The molecule has 2 aromatic rings. The molecular formula is C20H17FN2O4. The van der Waals surface area contributed by atoms with Crippen LogP contribution in [-0.2, 0) is 16.0 Å². The first-order valence-electron chi connectivity index (χ1n) is 8.25. The molecule has 0 atom stereocenters. The monoisotopic (exact) mass is 368 g/mol. The molecule has 1 N–H and O–H groups in total. The van der Waals surface area contributed by atoms with E-state index >= 15 is 0 Å². The van der Waals surface area contributed by atoms with Gasteiger partial charge in [-0.05, 0) is 47.9 Å². The Morgan fingerprint density at radius 2 is 1.70 bits per heavy atom. The van der Waals surface area contributed by atoms with E-state index in [4.69, 9.17) is 4.74 Å². The lowest BCUT2D eigenvalue weighted by Gasteiger charge is -2.26. The Bertz CT molecular complexity index is 905. The zero-order chi connectivity index (χ0) is 19.4. The van der Waals surface area contributed by atoms with Crippen LogP contribution in [0.1, 0.15) is 11.1 Å². The molecule has 1 aliphatic rings. The summed E-state index contributed by atoms with van der Waals surface area (Å²) < 4.78 is 18.0. The van der Waals surface area contributed by atoms with Crippen LogP contribution < -0.4 is 10.1 Å². The van der Waals surface area contributed by atoms with Crippen molar-refractivity contribution in [3.8, 4) is 5.75 Å². The first-order valence-corrected chi connectivity index (χ1v) is 8.25. The number of rotatable bonds is 5. The minimum atomic E-state index is -0.765. The van der Waals surface area contributed by atoms with E-state index in [9.17, 15) is 18.8 Å². The van der Waals surface area contributed by atoms with Gasteiger partial charge in [0, 0.05) is 6.54 Å². The fourth-order valence-corrected chi connectivity index (χ4v) is 2.66. The summed E-state index contributed by atoms with van der Waals surface area (Å²) in [7, 11) is 1.54. The van der Waals surface area contributed by atoms with Crippen molar-refractivity contribution in [3.63, 3.8) is 0 Å². The van der Waals surface area contributed by atoms with Gasteiger partial charge in [-0.3, -0.25) is 19.8 Å². The molecule has 6 nitrogen and oxygen atoms in total. The number of halogens is 1.